The predicted molar refractivity (Wildman–Crippen MR) is 113 cm³/mol. The average molecular weight is 422 g/mol. The molecule has 2 N–H and O–H groups in total. The van der Waals surface area contributed by atoms with E-state index in [0.29, 0.717) is 0 Å². The van der Waals surface area contributed by atoms with Gasteiger partial charge in [0.15, 0.2) is 0 Å². The minimum atomic E-state index is -1.40. The van der Waals surface area contributed by atoms with Gasteiger partial charge in [-0.05, 0) is 42.7 Å². The number of esters is 1. The molecule has 0 unspecified atom stereocenters. The van der Waals surface area contributed by atoms with Crippen LogP contribution in [0, 0.1) is 18.8 Å². The number of hydrogen-bond acceptors (Lipinski definition) is 6. The molecular formula is C24H26N2O5. The van der Waals surface area contributed by atoms with Gasteiger partial charge >= 0.3 is 5.97 Å². The molecule has 2 aromatic carbocycles. The summed E-state index contributed by atoms with van der Waals surface area (Å²) >= 11 is 0. The number of carbonyl (C=O) groups is 3. The largest absolute Gasteiger partial charge is 0.508 e. The highest BCUT2D eigenvalue weighted by Crippen LogP contribution is 2.50. The van der Waals surface area contributed by atoms with Gasteiger partial charge in [0.1, 0.15) is 11.3 Å². The molecule has 0 aliphatic carbocycles. The lowest BCUT2D eigenvalue weighted by molar-refractivity contribution is -0.154. The molecule has 2 fully saturated rings. The van der Waals surface area contributed by atoms with Crippen molar-refractivity contribution in [3.63, 3.8) is 0 Å². The van der Waals surface area contributed by atoms with Crippen molar-refractivity contribution in [3.8, 4) is 5.75 Å². The number of aryl methyl sites for hydroxylation is 1. The first-order valence-electron chi connectivity index (χ1n) is 10.4. The van der Waals surface area contributed by atoms with Crippen LogP contribution in [-0.2, 0) is 25.5 Å². The average Bonchev–Trinajstić information content (AvgIpc) is 3.23. The Morgan fingerprint density at radius 3 is 2.42 bits per heavy atom. The quantitative estimate of drug-likeness (QED) is 0.566. The number of phenols is 1. The summed E-state index contributed by atoms with van der Waals surface area (Å²) in [6.45, 7) is 3.96. The van der Waals surface area contributed by atoms with E-state index in [2.05, 4.69) is 5.32 Å². The van der Waals surface area contributed by atoms with Crippen molar-refractivity contribution in [3.05, 3.63) is 65.2 Å². The Bertz CT molecular complexity index is 1030. The molecule has 2 aliphatic heterocycles. The minimum absolute atomic E-state index is 0.107. The van der Waals surface area contributed by atoms with Crippen LogP contribution < -0.4 is 5.32 Å². The number of hydrogen-bond donors (Lipinski definition) is 2. The fourth-order valence-electron chi connectivity index (χ4n) is 5.12. The molecule has 4 rings (SSSR count). The second-order valence-electron chi connectivity index (χ2n) is 8.21. The van der Waals surface area contributed by atoms with Crippen LogP contribution >= 0.6 is 0 Å². The third-order valence-corrected chi connectivity index (χ3v) is 6.55. The number of fused-ring (bicyclic) bond motifs is 1. The van der Waals surface area contributed by atoms with Gasteiger partial charge in [0.25, 0.3) is 0 Å². The van der Waals surface area contributed by atoms with Crippen LogP contribution in [0.15, 0.2) is 48.5 Å². The van der Waals surface area contributed by atoms with Gasteiger partial charge in [-0.15, -0.1) is 0 Å². The fraction of sp³-hybridized carbons (Fsp3) is 0.375. The van der Waals surface area contributed by atoms with Crippen LogP contribution in [0.3, 0.4) is 0 Å². The first kappa shape index (κ1) is 21.1. The Morgan fingerprint density at radius 1 is 1.13 bits per heavy atom. The number of imide groups is 1. The Balaban J connectivity index is 1.88. The monoisotopic (exact) mass is 422 g/mol. The maximum absolute atomic E-state index is 13.4. The van der Waals surface area contributed by atoms with E-state index >= 15 is 0 Å². The van der Waals surface area contributed by atoms with Gasteiger partial charge in [-0.2, -0.15) is 0 Å². The van der Waals surface area contributed by atoms with Crippen molar-refractivity contribution in [2.45, 2.75) is 31.8 Å². The topological polar surface area (TPSA) is 95.9 Å². The van der Waals surface area contributed by atoms with Gasteiger partial charge in [-0.3, -0.25) is 24.6 Å². The van der Waals surface area contributed by atoms with Crippen molar-refractivity contribution < 1.29 is 24.2 Å². The lowest BCUT2D eigenvalue weighted by Gasteiger charge is -2.32. The first-order valence-corrected chi connectivity index (χ1v) is 10.4. The number of amides is 2. The van der Waals surface area contributed by atoms with Crippen LogP contribution in [0.25, 0.3) is 0 Å². The lowest BCUT2D eigenvalue weighted by Crippen LogP contribution is -2.57. The molecule has 2 heterocycles. The summed E-state index contributed by atoms with van der Waals surface area (Å²) in [5, 5.41) is 13.0. The predicted octanol–water partition coefficient (Wildman–Crippen LogP) is 2.12. The molecule has 7 heteroatoms. The summed E-state index contributed by atoms with van der Waals surface area (Å²) in [7, 11) is 1.29. The Labute approximate surface area is 181 Å². The van der Waals surface area contributed by atoms with E-state index in [9.17, 15) is 19.5 Å². The van der Waals surface area contributed by atoms with Crippen molar-refractivity contribution in [2.24, 2.45) is 11.8 Å². The highest BCUT2D eigenvalue weighted by Gasteiger charge is 2.68. The number of nitrogens with zero attached hydrogens (tertiary/aromatic N) is 1. The summed E-state index contributed by atoms with van der Waals surface area (Å²) in [5.74, 6) is -2.68. The lowest BCUT2D eigenvalue weighted by atomic mass is 9.76. The number of aromatic hydroxyl groups is 1. The van der Waals surface area contributed by atoms with Gasteiger partial charge in [-0.1, -0.05) is 36.4 Å². The summed E-state index contributed by atoms with van der Waals surface area (Å²) in [5.41, 5.74) is 1.20. The second kappa shape index (κ2) is 7.81. The molecule has 31 heavy (non-hydrogen) atoms. The zero-order chi connectivity index (χ0) is 22.3. The van der Waals surface area contributed by atoms with Crippen molar-refractivity contribution in [1.29, 1.82) is 0 Å². The Morgan fingerprint density at radius 2 is 1.81 bits per heavy atom. The molecule has 0 radical (unpaired) electrons. The normalized spacial score (nSPS) is 27.5. The standard InChI is InChI=1S/C24H26N2O5/c1-4-26-21(28)18-19(22(26)29)24(23(30)31-3,13-15-9-11-16(27)12-10-15)25-20(18)17-8-6-5-7-14(17)2/h5-12,18-20,25,27H,4,13H2,1-3H3/t18-,19+,20-,24-/m1/s1. The molecule has 4 atom stereocenters. The van der Waals surface area contributed by atoms with Crippen molar-refractivity contribution in [2.75, 3.05) is 13.7 Å². The van der Waals surface area contributed by atoms with E-state index in [1.165, 1.54) is 24.1 Å². The van der Waals surface area contributed by atoms with Gasteiger partial charge in [0.05, 0.1) is 18.9 Å². The maximum Gasteiger partial charge on any atom is 0.327 e. The summed E-state index contributed by atoms with van der Waals surface area (Å²) in [4.78, 5) is 41.2. The van der Waals surface area contributed by atoms with Gasteiger partial charge in [0, 0.05) is 19.0 Å². The third-order valence-electron chi connectivity index (χ3n) is 6.55. The molecule has 2 amide bonds. The van der Waals surface area contributed by atoms with Crippen LogP contribution in [0.2, 0.25) is 0 Å². The summed E-state index contributed by atoms with van der Waals surface area (Å²) < 4.78 is 5.18. The smallest absolute Gasteiger partial charge is 0.327 e. The zero-order valence-electron chi connectivity index (χ0n) is 17.8. The van der Waals surface area contributed by atoms with Gasteiger partial charge < -0.3 is 9.84 Å². The number of rotatable bonds is 5. The minimum Gasteiger partial charge on any atom is -0.508 e. The molecule has 0 saturated carbocycles. The van der Waals surface area contributed by atoms with E-state index in [1.807, 2.05) is 31.2 Å². The number of likely N-dealkylation sites (tertiary alicyclic amines) is 1. The zero-order valence-corrected chi connectivity index (χ0v) is 17.8. The third kappa shape index (κ3) is 3.20. The van der Waals surface area contributed by atoms with E-state index < -0.39 is 29.4 Å². The van der Waals surface area contributed by atoms with Crippen LogP contribution in [0.4, 0.5) is 0 Å². The Kier molecular flexibility index (Phi) is 5.31. The van der Waals surface area contributed by atoms with Crippen molar-refractivity contribution in [1.82, 2.24) is 10.2 Å². The van der Waals surface area contributed by atoms with E-state index in [1.54, 1.807) is 19.1 Å². The van der Waals surface area contributed by atoms with Gasteiger partial charge in [-0.25, -0.2) is 0 Å². The van der Waals surface area contributed by atoms with E-state index in [4.69, 9.17) is 4.74 Å². The number of benzene rings is 2. The maximum atomic E-state index is 13.4. The van der Waals surface area contributed by atoms with Crippen molar-refractivity contribution >= 4 is 17.8 Å². The molecule has 2 aliphatic rings. The van der Waals surface area contributed by atoms with E-state index in [-0.39, 0.29) is 30.5 Å². The Hall–Kier alpha value is -3.19. The highest BCUT2D eigenvalue weighted by molar-refractivity contribution is 6.09. The molecule has 7 nitrogen and oxygen atoms in total. The van der Waals surface area contributed by atoms with Gasteiger partial charge in [0.2, 0.25) is 11.8 Å². The molecule has 0 aromatic heterocycles. The molecule has 0 spiro atoms. The molecule has 2 saturated heterocycles. The SMILES string of the molecule is CCN1C(=O)[C@H]2[C@@H](c3ccccc3C)N[C@@](Cc3ccc(O)cc3)(C(=O)OC)[C@@H]2C1=O. The number of methoxy groups -OCH3 is 1. The molecule has 162 valence electrons. The molecule has 0 bridgehead atoms. The van der Waals surface area contributed by atoms with Crippen LogP contribution in [0.5, 0.6) is 5.75 Å². The number of nitrogens with one attached hydrogen (secondary N) is 1. The number of carbonyl (C=O) groups excluding carboxylic acids is 3. The van der Waals surface area contributed by atoms with Crippen LogP contribution in [-0.4, -0.2) is 47.0 Å². The molecular weight excluding hydrogens is 396 g/mol. The first-order chi connectivity index (χ1) is 14.8. The fourth-order valence-corrected chi connectivity index (χ4v) is 5.12. The number of phenolic OH excluding ortho intramolecular Hbond substituents is 1. The number of ether oxygens (including phenoxy) is 1. The van der Waals surface area contributed by atoms with E-state index in [0.717, 1.165) is 16.7 Å². The summed E-state index contributed by atoms with van der Waals surface area (Å²) in [6.07, 6.45) is 0.153. The summed E-state index contributed by atoms with van der Waals surface area (Å²) in [6, 6.07) is 13.6. The highest BCUT2D eigenvalue weighted by atomic mass is 16.5. The molecule has 2 aromatic rings. The van der Waals surface area contributed by atoms with Crippen LogP contribution in [0.1, 0.15) is 29.7 Å². The second-order valence-corrected chi connectivity index (χ2v) is 8.21.